The van der Waals surface area contributed by atoms with Crippen LogP contribution < -0.4 is 22.5 Å². The molecule has 8 N–H and O–H groups in total. The maximum atomic E-state index is 10.3. The summed E-state index contributed by atoms with van der Waals surface area (Å²) >= 11 is 0. The first kappa shape index (κ1) is 21.2. The number of nitrogens with two attached hydrogens (primary N) is 2. The molecule has 0 saturated carbocycles. The van der Waals surface area contributed by atoms with Crippen molar-refractivity contribution in [3.8, 4) is 0 Å². The van der Waals surface area contributed by atoms with Crippen LogP contribution in [0.1, 0.15) is 34.8 Å². The van der Waals surface area contributed by atoms with Gasteiger partial charge in [0.25, 0.3) is 0 Å². The van der Waals surface area contributed by atoms with E-state index in [2.05, 4.69) is 21.7 Å². The zero-order valence-electron chi connectivity index (χ0n) is 11.7. The van der Waals surface area contributed by atoms with Crippen LogP contribution in [0.3, 0.4) is 0 Å². The van der Waals surface area contributed by atoms with E-state index >= 15 is 0 Å². The number of carbonyl (C=O) groups excluding carboxylic acids is 2. The number of amides is 2. The summed E-state index contributed by atoms with van der Waals surface area (Å²) in [4.78, 5) is 46.4. The van der Waals surface area contributed by atoms with E-state index in [0.29, 0.717) is 0 Å². The van der Waals surface area contributed by atoms with Gasteiger partial charge in [0.1, 0.15) is 6.33 Å². The average molecular weight is 316 g/mol. The van der Waals surface area contributed by atoms with E-state index in [1.807, 2.05) is 10.9 Å². The van der Waals surface area contributed by atoms with E-state index < -0.39 is 11.9 Å². The number of aromatic carboxylic acids is 2. The van der Waals surface area contributed by atoms with Crippen LogP contribution in [0.15, 0.2) is 12.4 Å². The molecular weight excluding hydrogens is 300 g/mol. The van der Waals surface area contributed by atoms with Gasteiger partial charge in [-0.2, -0.15) is 0 Å². The number of hydrazine groups is 2. The Labute approximate surface area is 124 Å². The van der Waals surface area contributed by atoms with Gasteiger partial charge in [0.15, 0.2) is 11.4 Å². The first-order chi connectivity index (χ1) is 10.1. The van der Waals surface area contributed by atoms with Crippen LogP contribution >= 0.6 is 0 Å². The SMILES string of the molecule is CC(=O)NN.CC(=O)NN.O=C(O)c1cc(C(=O)O)ncn1. The number of aromatic nitrogens is 2. The topological polar surface area (TPSA) is 211 Å². The number of hydrogen-bond donors (Lipinski definition) is 6. The summed E-state index contributed by atoms with van der Waals surface area (Å²) in [6, 6.07) is 0.894. The Morgan fingerprint density at radius 1 is 0.909 bits per heavy atom. The molecule has 0 unspecified atom stereocenters. The van der Waals surface area contributed by atoms with Crippen molar-refractivity contribution in [2.24, 2.45) is 11.7 Å². The molecule has 0 aliphatic carbocycles. The first-order valence-electron chi connectivity index (χ1n) is 5.38. The highest BCUT2D eigenvalue weighted by Crippen LogP contribution is 1.97. The van der Waals surface area contributed by atoms with Gasteiger partial charge in [-0.15, -0.1) is 0 Å². The van der Waals surface area contributed by atoms with Crippen LogP contribution in [0, 0.1) is 0 Å². The van der Waals surface area contributed by atoms with Crippen LogP contribution in [0.25, 0.3) is 0 Å². The molecular formula is C10H16N6O6. The van der Waals surface area contributed by atoms with Gasteiger partial charge in [0, 0.05) is 19.9 Å². The average Bonchev–Trinajstić information content (AvgIpc) is 2.48. The van der Waals surface area contributed by atoms with Gasteiger partial charge in [-0.25, -0.2) is 31.2 Å². The smallest absolute Gasteiger partial charge is 0.354 e. The quantitative estimate of drug-likeness (QED) is 0.198. The van der Waals surface area contributed by atoms with Gasteiger partial charge < -0.3 is 10.2 Å². The van der Waals surface area contributed by atoms with Crippen molar-refractivity contribution in [3.63, 3.8) is 0 Å². The van der Waals surface area contributed by atoms with Crippen molar-refractivity contribution in [2.45, 2.75) is 13.8 Å². The Balaban J connectivity index is 0. The summed E-state index contributed by atoms with van der Waals surface area (Å²) in [5, 5.41) is 16.8. The molecule has 0 atom stereocenters. The van der Waals surface area contributed by atoms with E-state index in [1.165, 1.54) is 13.8 Å². The van der Waals surface area contributed by atoms with Crippen molar-refractivity contribution in [1.29, 1.82) is 0 Å². The van der Waals surface area contributed by atoms with Gasteiger partial charge >= 0.3 is 11.9 Å². The predicted octanol–water partition coefficient (Wildman–Crippen LogP) is -2.13. The second-order valence-electron chi connectivity index (χ2n) is 3.30. The fraction of sp³-hybridized carbons (Fsp3) is 0.200. The molecule has 0 aromatic carbocycles. The number of nitrogens with zero attached hydrogens (tertiary/aromatic N) is 2. The number of carboxylic acid groups (broad SMARTS) is 2. The van der Waals surface area contributed by atoms with Gasteiger partial charge in [-0.05, 0) is 0 Å². The second-order valence-corrected chi connectivity index (χ2v) is 3.30. The zero-order chi connectivity index (χ0) is 17.7. The number of carboxylic acids is 2. The maximum absolute atomic E-state index is 10.3. The minimum Gasteiger partial charge on any atom is -0.477 e. The van der Waals surface area contributed by atoms with Crippen LogP contribution in [0.5, 0.6) is 0 Å². The third-order valence-corrected chi connectivity index (χ3v) is 1.51. The molecule has 0 saturated heterocycles. The standard InChI is InChI=1S/C6H4N2O4.2C2H6N2O/c9-5(10)3-1-4(6(11)12)8-2-7-3;2*1-2(5)4-3/h1-2H,(H,9,10)(H,11,12);2*3H2,1H3,(H,4,5). The van der Waals surface area contributed by atoms with E-state index in [0.717, 1.165) is 12.4 Å². The molecule has 1 aromatic rings. The van der Waals surface area contributed by atoms with Gasteiger partial charge in [-0.1, -0.05) is 0 Å². The molecule has 1 rings (SSSR count). The molecule has 0 spiro atoms. The Kier molecular flexibility index (Phi) is 11.3. The van der Waals surface area contributed by atoms with Crippen LogP contribution in [-0.2, 0) is 9.59 Å². The van der Waals surface area contributed by atoms with Crippen LogP contribution in [-0.4, -0.2) is 43.9 Å². The summed E-state index contributed by atoms with van der Waals surface area (Å²) < 4.78 is 0. The molecule has 0 aliphatic rings. The molecule has 12 heteroatoms. The van der Waals surface area contributed by atoms with Crippen molar-refractivity contribution in [1.82, 2.24) is 20.8 Å². The minimum atomic E-state index is -1.28. The van der Waals surface area contributed by atoms with Crippen molar-refractivity contribution >= 4 is 23.8 Å². The molecule has 12 nitrogen and oxygen atoms in total. The van der Waals surface area contributed by atoms with E-state index in [-0.39, 0.29) is 23.2 Å². The lowest BCUT2D eigenvalue weighted by atomic mass is 10.3. The minimum absolute atomic E-state index is 0.218. The van der Waals surface area contributed by atoms with Crippen LogP contribution in [0.2, 0.25) is 0 Å². The highest BCUT2D eigenvalue weighted by Gasteiger charge is 2.09. The summed E-state index contributed by atoms with van der Waals surface area (Å²) in [5.74, 6) is 6.15. The third kappa shape index (κ3) is 11.9. The third-order valence-electron chi connectivity index (χ3n) is 1.51. The molecule has 0 bridgehead atoms. The predicted molar refractivity (Wildman–Crippen MR) is 72.0 cm³/mol. The van der Waals surface area contributed by atoms with Gasteiger partial charge in [-0.3, -0.25) is 20.4 Å². The Hall–Kier alpha value is -3.12. The normalized spacial score (nSPS) is 8.18. The fourth-order valence-electron chi connectivity index (χ4n) is 0.591. The summed E-state index contributed by atoms with van der Waals surface area (Å²) in [7, 11) is 0. The molecule has 0 fully saturated rings. The summed E-state index contributed by atoms with van der Waals surface area (Å²) in [6.07, 6.45) is 0.896. The Morgan fingerprint density at radius 2 is 1.18 bits per heavy atom. The largest absolute Gasteiger partial charge is 0.477 e. The Bertz CT molecular complexity index is 491. The molecule has 1 heterocycles. The highest BCUT2D eigenvalue weighted by atomic mass is 16.4. The number of nitrogens with one attached hydrogen (secondary N) is 2. The lowest BCUT2D eigenvalue weighted by molar-refractivity contribution is -0.119. The van der Waals surface area contributed by atoms with E-state index in [4.69, 9.17) is 10.2 Å². The second kappa shape index (κ2) is 11.7. The number of hydrogen-bond acceptors (Lipinski definition) is 8. The van der Waals surface area contributed by atoms with Crippen molar-refractivity contribution in [2.75, 3.05) is 0 Å². The van der Waals surface area contributed by atoms with Crippen LogP contribution in [0.4, 0.5) is 0 Å². The number of carbonyl (C=O) groups is 4. The maximum Gasteiger partial charge on any atom is 0.354 e. The van der Waals surface area contributed by atoms with Gasteiger partial charge in [0.05, 0.1) is 0 Å². The molecule has 2 amide bonds. The van der Waals surface area contributed by atoms with Crippen molar-refractivity contribution in [3.05, 3.63) is 23.8 Å². The summed E-state index contributed by atoms with van der Waals surface area (Å²) in [6.45, 7) is 2.69. The molecule has 0 radical (unpaired) electrons. The lowest BCUT2D eigenvalue weighted by Gasteiger charge is -1.93. The molecule has 22 heavy (non-hydrogen) atoms. The lowest BCUT2D eigenvalue weighted by Crippen LogP contribution is -2.26. The van der Waals surface area contributed by atoms with E-state index in [1.54, 1.807) is 0 Å². The zero-order valence-corrected chi connectivity index (χ0v) is 11.7. The first-order valence-corrected chi connectivity index (χ1v) is 5.38. The van der Waals surface area contributed by atoms with Crippen molar-refractivity contribution < 1.29 is 29.4 Å². The monoisotopic (exact) mass is 316 g/mol. The summed E-state index contributed by atoms with van der Waals surface area (Å²) in [5.41, 5.74) is 3.12. The molecule has 0 aliphatic heterocycles. The van der Waals surface area contributed by atoms with Gasteiger partial charge in [0.2, 0.25) is 11.8 Å². The highest BCUT2D eigenvalue weighted by molar-refractivity contribution is 5.90. The fourth-order valence-corrected chi connectivity index (χ4v) is 0.591. The Morgan fingerprint density at radius 3 is 1.36 bits per heavy atom. The molecule has 1 aromatic heterocycles. The van der Waals surface area contributed by atoms with E-state index in [9.17, 15) is 19.2 Å². The number of rotatable bonds is 2. The molecule has 122 valence electrons.